The van der Waals surface area contributed by atoms with Gasteiger partial charge in [-0.2, -0.15) is 5.10 Å². The van der Waals surface area contributed by atoms with Crippen LogP contribution >= 0.6 is 0 Å². The number of nitro benzene ring substituents is 1. The van der Waals surface area contributed by atoms with Gasteiger partial charge in [0.25, 0.3) is 5.69 Å². The first-order chi connectivity index (χ1) is 9.04. The van der Waals surface area contributed by atoms with Gasteiger partial charge in [-0.05, 0) is 19.9 Å². The van der Waals surface area contributed by atoms with Crippen LogP contribution in [0.3, 0.4) is 0 Å². The average Bonchev–Trinajstić information content (AvgIpc) is 2.36. The molecule has 0 aliphatic rings. The number of nitro groups is 1. The number of carbonyl (C=O) groups is 1. The predicted octanol–water partition coefficient (Wildman–Crippen LogP) is 2.34. The Morgan fingerprint density at radius 1 is 1.47 bits per heavy atom. The molecule has 0 spiro atoms. The number of rotatable bonds is 6. The molecule has 1 N–H and O–H groups in total. The number of benzene rings is 1. The maximum atomic E-state index is 11.2. The van der Waals surface area contributed by atoms with Gasteiger partial charge in [0, 0.05) is 11.8 Å². The number of nitrogens with one attached hydrogen (secondary N) is 1. The van der Waals surface area contributed by atoms with Crippen LogP contribution < -0.4 is 5.43 Å². The molecule has 0 saturated heterocycles. The minimum Gasteiger partial charge on any atom is -0.466 e. The fourth-order valence-electron chi connectivity index (χ4n) is 1.34. The lowest BCUT2D eigenvalue weighted by atomic mass is 10.3. The number of hydrogen-bond acceptors (Lipinski definition) is 6. The van der Waals surface area contributed by atoms with E-state index in [0.717, 1.165) is 0 Å². The molecule has 0 unspecified atom stereocenters. The highest BCUT2D eigenvalue weighted by Crippen LogP contribution is 2.22. The van der Waals surface area contributed by atoms with Crippen LogP contribution in [-0.2, 0) is 9.53 Å². The SMILES string of the molecule is CCOC(=O)C/C(C)=N\Nc1ccccc1[N+](=O)[O-]. The van der Waals surface area contributed by atoms with Gasteiger partial charge in [0.2, 0.25) is 0 Å². The first kappa shape index (κ1) is 14.6. The molecule has 0 aromatic heterocycles. The summed E-state index contributed by atoms with van der Waals surface area (Å²) in [6.07, 6.45) is 0.0431. The number of esters is 1. The summed E-state index contributed by atoms with van der Waals surface area (Å²) in [4.78, 5) is 21.5. The minimum absolute atomic E-state index is 0.0431. The van der Waals surface area contributed by atoms with Crippen molar-refractivity contribution in [1.29, 1.82) is 0 Å². The molecule has 1 rings (SSSR count). The standard InChI is InChI=1S/C12H15N3O4/c1-3-19-12(16)8-9(2)13-14-10-6-4-5-7-11(10)15(17)18/h4-7,14H,3,8H2,1-2H3/b13-9-. The zero-order chi connectivity index (χ0) is 14.3. The molecule has 7 heteroatoms. The number of ether oxygens (including phenoxy) is 1. The molecular weight excluding hydrogens is 250 g/mol. The maximum Gasteiger partial charge on any atom is 0.311 e. The molecule has 0 heterocycles. The average molecular weight is 265 g/mol. The van der Waals surface area contributed by atoms with Crippen LogP contribution in [0.5, 0.6) is 0 Å². The molecule has 0 aliphatic carbocycles. The van der Waals surface area contributed by atoms with Crippen LogP contribution in [0.1, 0.15) is 20.3 Å². The van der Waals surface area contributed by atoms with Crippen LogP contribution in [-0.4, -0.2) is 23.2 Å². The van der Waals surface area contributed by atoms with E-state index in [1.54, 1.807) is 32.0 Å². The van der Waals surface area contributed by atoms with Crippen molar-refractivity contribution in [3.05, 3.63) is 34.4 Å². The van der Waals surface area contributed by atoms with Crippen LogP contribution in [0.15, 0.2) is 29.4 Å². The quantitative estimate of drug-likeness (QED) is 0.368. The summed E-state index contributed by atoms with van der Waals surface area (Å²) in [5.74, 6) is -0.381. The van der Waals surface area contributed by atoms with Crippen molar-refractivity contribution in [3.63, 3.8) is 0 Å². The van der Waals surface area contributed by atoms with Gasteiger partial charge in [-0.3, -0.25) is 20.3 Å². The van der Waals surface area contributed by atoms with E-state index in [1.165, 1.54) is 6.07 Å². The van der Waals surface area contributed by atoms with Crippen LogP contribution in [0.25, 0.3) is 0 Å². The van der Waals surface area contributed by atoms with Crippen molar-refractivity contribution in [2.75, 3.05) is 12.0 Å². The Kier molecular flexibility index (Phi) is 5.46. The molecule has 1 aromatic rings. The van der Waals surface area contributed by atoms with Gasteiger partial charge in [-0.15, -0.1) is 0 Å². The monoisotopic (exact) mass is 265 g/mol. The molecule has 0 amide bonds. The van der Waals surface area contributed by atoms with E-state index < -0.39 is 4.92 Å². The Bertz CT molecular complexity index is 500. The van der Waals surface area contributed by atoms with Crippen molar-refractivity contribution < 1.29 is 14.5 Å². The van der Waals surface area contributed by atoms with Gasteiger partial charge in [-0.1, -0.05) is 12.1 Å². The molecule has 0 bridgehead atoms. The van der Waals surface area contributed by atoms with Gasteiger partial charge >= 0.3 is 5.97 Å². The Morgan fingerprint density at radius 3 is 2.79 bits per heavy atom. The highest BCUT2D eigenvalue weighted by Gasteiger charge is 2.11. The maximum absolute atomic E-state index is 11.2. The molecule has 1 aromatic carbocycles. The topological polar surface area (TPSA) is 93.8 Å². The highest BCUT2D eigenvalue weighted by atomic mass is 16.6. The largest absolute Gasteiger partial charge is 0.466 e. The van der Waals surface area contributed by atoms with Crippen molar-refractivity contribution in [3.8, 4) is 0 Å². The summed E-state index contributed by atoms with van der Waals surface area (Å²) in [7, 11) is 0. The van der Waals surface area contributed by atoms with Gasteiger partial charge in [0.1, 0.15) is 5.69 Å². The fourth-order valence-corrected chi connectivity index (χ4v) is 1.34. The molecule has 0 fully saturated rings. The van der Waals surface area contributed by atoms with Gasteiger partial charge in [-0.25, -0.2) is 0 Å². The van der Waals surface area contributed by atoms with Gasteiger partial charge < -0.3 is 4.74 Å². The lowest BCUT2D eigenvalue weighted by Crippen LogP contribution is -2.10. The van der Waals surface area contributed by atoms with E-state index in [1.807, 2.05) is 0 Å². The zero-order valence-corrected chi connectivity index (χ0v) is 10.8. The van der Waals surface area contributed by atoms with E-state index >= 15 is 0 Å². The van der Waals surface area contributed by atoms with Crippen molar-refractivity contribution in [2.45, 2.75) is 20.3 Å². The van der Waals surface area contributed by atoms with Crippen molar-refractivity contribution >= 4 is 23.1 Å². The summed E-state index contributed by atoms with van der Waals surface area (Å²) in [5, 5.41) is 14.7. The summed E-state index contributed by atoms with van der Waals surface area (Å²) in [5.41, 5.74) is 3.26. The molecule has 0 aliphatic heterocycles. The van der Waals surface area contributed by atoms with E-state index in [-0.39, 0.29) is 23.8 Å². The van der Waals surface area contributed by atoms with Crippen LogP contribution in [0.4, 0.5) is 11.4 Å². The summed E-state index contributed by atoms with van der Waals surface area (Å²) < 4.78 is 4.77. The number of carbonyl (C=O) groups excluding carboxylic acids is 1. The summed E-state index contributed by atoms with van der Waals surface area (Å²) >= 11 is 0. The molecule has 7 nitrogen and oxygen atoms in total. The van der Waals surface area contributed by atoms with E-state index in [0.29, 0.717) is 12.3 Å². The Balaban J connectivity index is 2.70. The van der Waals surface area contributed by atoms with E-state index in [4.69, 9.17) is 4.74 Å². The number of para-hydroxylation sites is 2. The molecular formula is C12H15N3O4. The lowest BCUT2D eigenvalue weighted by molar-refractivity contribution is -0.384. The fraction of sp³-hybridized carbons (Fsp3) is 0.333. The second-order valence-electron chi connectivity index (χ2n) is 3.71. The highest BCUT2D eigenvalue weighted by molar-refractivity contribution is 5.97. The third-order valence-electron chi connectivity index (χ3n) is 2.17. The van der Waals surface area contributed by atoms with Gasteiger partial charge in [0.05, 0.1) is 18.0 Å². The van der Waals surface area contributed by atoms with Gasteiger partial charge in [0.15, 0.2) is 0 Å². The third-order valence-corrected chi connectivity index (χ3v) is 2.17. The van der Waals surface area contributed by atoms with Crippen molar-refractivity contribution in [2.24, 2.45) is 5.10 Å². The molecule has 0 saturated carbocycles. The molecule has 0 radical (unpaired) electrons. The molecule has 19 heavy (non-hydrogen) atoms. The summed E-state index contributed by atoms with van der Waals surface area (Å²) in [6.45, 7) is 3.67. The minimum atomic E-state index is -0.501. The summed E-state index contributed by atoms with van der Waals surface area (Å²) in [6, 6.07) is 6.14. The smallest absolute Gasteiger partial charge is 0.311 e. The third kappa shape index (κ3) is 4.74. The Morgan fingerprint density at radius 2 is 2.16 bits per heavy atom. The second kappa shape index (κ2) is 7.10. The first-order valence-electron chi connectivity index (χ1n) is 5.72. The molecule has 102 valence electrons. The second-order valence-corrected chi connectivity index (χ2v) is 3.71. The van der Waals surface area contributed by atoms with E-state index in [9.17, 15) is 14.9 Å². The van der Waals surface area contributed by atoms with Crippen LogP contribution in [0, 0.1) is 10.1 Å². The lowest BCUT2D eigenvalue weighted by Gasteiger charge is -2.04. The first-order valence-corrected chi connectivity index (χ1v) is 5.72. The number of hydrazone groups is 1. The zero-order valence-electron chi connectivity index (χ0n) is 10.8. The number of hydrogen-bond donors (Lipinski definition) is 1. The van der Waals surface area contributed by atoms with E-state index in [2.05, 4.69) is 10.5 Å². The van der Waals surface area contributed by atoms with Crippen LogP contribution in [0.2, 0.25) is 0 Å². The normalized spacial score (nSPS) is 10.9. The predicted molar refractivity (Wildman–Crippen MR) is 71.1 cm³/mol. The molecule has 0 atom stereocenters. The Hall–Kier alpha value is -2.44. The van der Waals surface area contributed by atoms with Crippen molar-refractivity contribution in [1.82, 2.24) is 0 Å². The number of nitrogens with zero attached hydrogens (tertiary/aromatic N) is 2. The Labute approximate surface area is 110 Å². The number of anilines is 1.